The van der Waals surface area contributed by atoms with Crippen LogP contribution >= 0.6 is 0 Å². The summed E-state index contributed by atoms with van der Waals surface area (Å²) < 4.78 is 1.84. The number of nitrogens with one attached hydrogen (secondary N) is 1. The van der Waals surface area contributed by atoms with E-state index in [0.29, 0.717) is 18.3 Å². The second kappa shape index (κ2) is 11.8. The van der Waals surface area contributed by atoms with E-state index in [2.05, 4.69) is 15.2 Å². The standard InChI is InChI=1S/C32H34N6O2/c39-30(34-23-25-6-5-17-33-22-25)14-11-24-9-12-27(13-10-24)38-29-8-2-1-7-28(29)31(35-38)32(40)37-20-15-26(16-21-37)36-18-3-4-19-36/h1-2,5-14,17,22,26H,3-4,15-16,18-21,23H2,(H,34,39)/b14-11+. The lowest BCUT2D eigenvalue weighted by molar-refractivity contribution is -0.116. The second-order valence-corrected chi connectivity index (χ2v) is 10.5. The summed E-state index contributed by atoms with van der Waals surface area (Å²) in [6, 6.07) is 20.1. The summed E-state index contributed by atoms with van der Waals surface area (Å²) in [5.41, 5.74) is 4.11. The maximum atomic E-state index is 13.6. The van der Waals surface area contributed by atoms with Gasteiger partial charge in [-0.2, -0.15) is 5.10 Å². The molecule has 0 radical (unpaired) electrons. The Morgan fingerprint density at radius 2 is 1.70 bits per heavy atom. The van der Waals surface area contributed by atoms with E-state index < -0.39 is 0 Å². The Labute approximate surface area is 234 Å². The average Bonchev–Trinajstić information content (AvgIpc) is 3.69. The van der Waals surface area contributed by atoms with Crippen molar-refractivity contribution in [1.29, 1.82) is 0 Å². The molecule has 40 heavy (non-hydrogen) atoms. The van der Waals surface area contributed by atoms with Gasteiger partial charge in [0.25, 0.3) is 5.91 Å². The number of hydrogen-bond donors (Lipinski definition) is 1. The summed E-state index contributed by atoms with van der Waals surface area (Å²) in [4.78, 5) is 34.5. The molecular formula is C32H34N6O2. The number of benzene rings is 2. The van der Waals surface area contributed by atoms with E-state index in [9.17, 15) is 9.59 Å². The van der Waals surface area contributed by atoms with Gasteiger partial charge in [0, 0.05) is 49.5 Å². The summed E-state index contributed by atoms with van der Waals surface area (Å²) >= 11 is 0. The summed E-state index contributed by atoms with van der Waals surface area (Å²) in [6.45, 7) is 4.37. The van der Waals surface area contributed by atoms with Crippen LogP contribution in [0.2, 0.25) is 0 Å². The molecule has 0 unspecified atom stereocenters. The molecule has 4 heterocycles. The SMILES string of the molecule is O=C(/C=C/c1ccc(-n2nc(C(=O)N3CCC(N4CCCC4)CC3)c3ccccc32)cc1)NCc1cccnc1. The number of fused-ring (bicyclic) bond motifs is 1. The van der Waals surface area contributed by atoms with Crippen LogP contribution in [-0.2, 0) is 11.3 Å². The van der Waals surface area contributed by atoms with E-state index >= 15 is 0 Å². The minimum absolute atomic E-state index is 0.00618. The molecule has 0 atom stereocenters. The van der Waals surface area contributed by atoms with Crippen LogP contribution < -0.4 is 5.32 Å². The van der Waals surface area contributed by atoms with Crippen molar-refractivity contribution in [3.05, 3.63) is 96.0 Å². The van der Waals surface area contributed by atoms with Crippen LogP contribution in [0.25, 0.3) is 22.7 Å². The van der Waals surface area contributed by atoms with Crippen molar-refractivity contribution >= 4 is 28.8 Å². The van der Waals surface area contributed by atoms with Crippen LogP contribution in [0.15, 0.2) is 79.1 Å². The fourth-order valence-electron chi connectivity index (χ4n) is 5.76. The predicted octanol–water partition coefficient (Wildman–Crippen LogP) is 4.45. The number of amides is 2. The largest absolute Gasteiger partial charge is 0.348 e. The molecule has 204 valence electrons. The molecule has 2 saturated heterocycles. The van der Waals surface area contributed by atoms with E-state index in [4.69, 9.17) is 5.10 Å². The third-order valence-corrected chi connectivity index (χ3v) is 7.95. The van der Waals surface area contributed by atoms with Gasteiger partial charge in [0.1, 0.15) is 0 Å². The molecule has 2 aromatic carbocycles. The number of hydrogen-bond acceptors (Lipinski definition) is 5. The number of nitrogens with zero attached hydrogens (tertiary/aromatic N) is 5. The third-order valence-electron chi connectivity index (χ3n) is 7.95. The molecule has 2 aliphatic heterocycles. The predicted molar refractivity (Wildman–Crippen MR) is 156 cm³/mol. The minimum atomic E-state index is -0.168. The van der Waals surface area contributed by atoms with Crippen LogP contribution in [0.3, 0.4) is 0 Å². The fraction of sp³-hybridized carbons (Fsp3) is 0.312. The minimum Gasteiger partial charge on any atom is -0.348 e. The topological polar surface area (TPSA) is 83.4 Å². The molecule has 2 aliphatic rings. The zero-order valence-electron chi connectivity index (χ0n) is 22.6. The van der Waals surface area contributed by atoms with E-state index in [1.807, 2.05) is 70.2 Å². The number of piperidine rings is 1. The molecule has 0 aliphatic carbocycles. The Kier molecular flexibility index (Phi) is 7.68. The van der Waals surface area contributed by atoms with Gasteiger partial charge in [-0.3, -0.25) is 14.6 Å². The lowest BCUT2D eigenvalue weighted by atomic mass is 10.0. The Morgan fingerprint density at radius 3 is 2.45 bits per heavy atom. The summed E-state index contributed by atoms with van der Waals surface area (Å²) in [5.74, 6) is -0.162. The molecule has 2 amide bonds. The van der Waals surface area contributed by atoms with Crippen LogP contribution in [0, 0.1) is 0 Å². The van der Waals surface area contributed by atoms with E-state index in [0.717, 1.165) is 53.6 Å². The van der Waals surface area contributed by atoms with Crippen LogP contribution in [0.5, 0.6) is 0 Å². The molecule has 0 bridgehead atoms. The van der Waals surface area contributed by atoms with Crippen molar-refractivity contribution in [3.63, 3.8) is 0 Å². The fourth-order valence-corrected chi connectivity index (χ4v) is 5.76. The van der Waals surface area contributed by atoms with Gasteiger partial charge < -0.3 is 15.1 Å². The number of pyridine rings is 1. The third kappa shape index (κ3) is 5.67. The van der Waals surface area contributed by atoms with E-state index in [1.165, 1.54) is 32.0 Å². The molecule has 1 N–H and O–H groups in total. The van der Waals surface area contributed by atoms with Gasteiger partial charge in [0.2, 0.25) is 5.91 Å². The van der Waals surface area contributed by atoms with Crippen molar-refractivity contribution in [2.24, 2.45) is 0 Å². The Bertz CT molecular complexity index is 1500. The van der Waals surface area contributed by atoms with E-state index in [1.54, 1.807) is 18.5 Å². The molecule has 8 nitrogen and oxygen atoms in total. The van der Waals surface area contributed by atoms with Crippen LogP contribution in [0.1, 0.15) is 47.3 Å². The average molecular weight is 535 g/mol. The van der Waals surface area contributed by atoms with Gasteiger partial charge in [-0.05, 0) is 80.2 Å². The molecule has 2 aromatic heterocycles. The van der Waals surface area contributed by atoms with Crippen molar-refractivity contribution in [3.8, 4) is 5.69 Å². The first kappa shape index (κ1) is 26.0. The quantitative estimate of drug-likeness (QED) is 0.354. The zero-order valence-corrected chi connectivity index (χ0v) is 22.6. The van der Waals surface area contributed by atoms with Gasteiger partial charge in [0.15, 0.2) is 5.69 Å². The number of carbonyl (C=O) groups excluding carboxylic acids is 2. The second-order valence-electron chi connectivity index (χ2n) is 10.5. The number of likely N-dealkylation sites (tertiary alicyclic amines) is 2. The van der Waals surface area contributed by atoms with Gasteiger partial charge in [0.05, 0.1) is 11.2 Å². The molecule has 4 aromatic rings. The first-order chi connectivity index (χ1) is 19.7. The van der Waals surface area contributed by atoms with Gasteiger partial charge in [-0.15, -0.1) is 0 Å². The van der Waals surface area contributed by atoms with Crippen LogP contribution in [0.4, 0.5) is 0 Å². The smallest absolute Gasteiger partial charge is 0.275 e. The first-order valence-corrected chi connectivity index (χ1v) is 14.1. The Balaban J connectivity index is 1.14. The maximum Gasteiger partial charge on any atom is 0.275 e. The van der Waals surface area contributed by atoms with Gasteiger partial charge >= 0.3 is 0 Å². The highest BCUT2D eigenvalue weighted by molar-refractivity contribution is 6.05. The molecule has 0 saturated carbocycles. The lowest BCUT2D eigenvalue weighted by Gasteiger charge is -2.36. The highest BCUT2D eigenvalue weighted by atomic mass is 16.2. The number of rotatable bonds is 7. The zero-order chi connectivity index (χ0) is 27.3. The van der Waals surface area contributed by atoms with E-state index in [-0.39, 0.29) is 11.8 Å². The highest BCUT2D eigenvalue weighted by Gasteiger charge is 2.30. The Morgan fingerprint density at radius 1 is 0.925 bits per heavy atom. The summed E-state index contributed by atoms with van der Waals surface area (Å²) in [6.07, 6.45) is 11.4. The molecule has 2 fully saturated rings. The molecule has 6 rings (SSSR count). The van der Waals surface area contributed by atoms with Crippen molar-refractivity contribution in [2.75, 3.05) is 26.2 Å². The van der Waals surface area contributed by atoms with Gasteiger partial charge in [-0.1, -0.05) is 36.4 Å². The van der Waals surface area contributed by atoms with Crippen LogP contribution in [-0.4, -0.2) is 68.6 Å². The van der Waals surface area contributed by atoms with Crippen molar-refractivity contribution < 1.29 is 9.59 Å². The number of aromatic nitrogens is 3. The van der Waals surface area contributed by atoms with Crippen molar-refractivity contribution in [1.82, 2.24) is 29.9 Å². The lowest BCUT2D eigenvalue weighted by Crippen LogP contribution is -2.46. The molecular weight excluding hydrogens is 500 g/mol. The molecule has 0 spiro atoms. The first-order valence-electron chi connectivity index (χ1n) is 14.1. The molecule has 8 heteroatoms. The number of carbonyl (C=O) groups is 2. The van der Waals surface area contributed by atoms with Crippen molar-refractivity contribution in [2.45, 2.75) is 38.3 Å². The summed E-state index contributed by atoms with van der Waals surface area (Å²) in [7, 11) is 0. The summed E-state index contributed by atoms with van der Waals surface area (Å²) in [5, 5.41) is 8.55. The monoisotopic (exact) mass is 534 g/mol. The highest BCUT2D eigenvalue weighted by Crippen LogP contribution is 2.26. The maximum absolute atomic E-state index is 13.6. The van der Waals surface area contributed by atoms with Gasteiger partial charge in [-0.25, -0.2) is 4.68 Å². The normalized spacial score (nSPS) is 16.6. The Hall–Kier alpha value is -4.30. The number of para-hydroxylation sites is 1.